The average molecular weight is 479 g/mol. The van der Waals surface area contributed by atoms with Crippen LogP contribution in [0.1, 0.15) is 29.0 Å². The summed E-state index contributed by atoms with van der Waals surface area (Å²) >= 11 is 12.6. The molecule has 0 spiro atoms. The van der Waals surface area contributed by atoms with Crippen LogP contribution in [0, 0.1) is 6.92 Å². The zero-order valence-electron chi connectivity index (χ0n) is 17.3. The number of hydrogen-bond acceptors (Lipinski definition) is 6. The third-order valence-electron chi connectivity index (χ3n) is 5.64. The number of carbonyl (C=O) groups excluding carboxylic acids is 4. The summed E-state index contributed by atoms with van der Waals surface area (Å²) in [6.07, 6.45) is 0.286. The van der Waals surface area contributed by atoms with E-state index in [4.69, 9.17) is 27.7 Å². The number of benzene rings is 1. The monoisotopic (exact) mass is 478 g/mol. The Labute approximate surface area is 193 Å². The van der Waals surface area contributed by atoms with Gasteiger partial charge in [0.1, 0.15) is 23.6 Å². The molecule has 11 heteroatoms. The number of nitrogens with zero attached hydrogens (tertiary/aromatic N) is 4. The molecule has 2 aliphatic rings. The number of carbonyl (C=O) groups is 4. The molecule has 2 aromatic rings. The van der Waals surface area contributed by atoms with Crippen LogP contribution in [0.4, 0.5) is 0 Å². The van der Waals surface area contributed by atoms with Crippen molar-refractivity contribution in [3.05, 3.63) is 39.6 Å². The van der Waals surface area contributed by atoms with E-state index in [1.807, 2.05) is 0 Å². The Hall–Kier alpha value is -2.91. The van der Waals surface area contributed by atoms with Gasteiger partial charge in [-0.15, -0.1) is 0 Å². The maximum absolute atomic E-state index is 13.3. The number of halogens is 2. The maximum Gasteiger partial charge on any atom is 0.259 e. The third-order valence-corrected chi connectivity index (χ3v) is 6.27. The van der Waals surface area contributed by atoms with Crippen molar-refractivity contribution in [2.24, 2.45) is 0 Å². The first-order chi connectivity index (χ1) is 15.3. The van der Waals surface area contributed by atoms with Gasteiger partial charge in [0.25, 0.3) is 5.91 Å². The van der Waals surface area contributed by atoms with Gasteiger partial charge in [-0.05, 0) is 19.1 Å². The van der Waals surface area contributed by atoms with Crippen molar-refractivity contribution in [2.75, 3.05) is 32.7 Å². The minimum Gasteiger partial charge on any atom is -0.360 e. The number of amides is 4. The minimum absolute atomic E-state index is 0.143. The van der Waals surface area contributed by atoms with E-state index < -0.39 is 0 Å². The molecule has 2 fully saturated rings. The predicted octanol–water partition coefficient (Wildman–Crippen LogP) is 2.39. The van der Waals surface area contributed by atoms with Gasteiger partial charge in [0.05, 0.1) is 10.0 Å². The van der Waals surface area contributed by atoms with Crippen molar-refractivity contribution in [2.45, 2.75) is 19.8 Å². The molecule has 1 aromatic carbocycles. The van der Waals surface area contributed by atoms with Crippen LogP contribution in [0.3, 0.4) is 0 Å². The SMILES string of the molecule is Cc1onc(-c2c(Cl)cccc2Cl)c1C(=O)N1CCN(C(=O)CN2C(=O)CCC2=O)CC1. The number of hydrogen-bond donors (Lipinski definition) is 0. The fourth-order valence-corrected chi connectivity index (χ4v) is 4.45. The van der Waals surface area contributed by atoms with Crippen LogP contribution < -0.4 is 0 Å². The van der Waals surface area contributed by atoms with E-state index in [2.05, 4.69) is 5.16 Å². The van der Waals surface area contributed by atoms with Crippen molar-refractivity contribution >= 4 is 46.8 Å². The van der Waals surface area contributed by atoms with Crippen molar-refractivity contribution in [1.82, 2.24) is 19.9 Å². The quantitative estimate of drug-likeness (QED) is 0.624. The molecule has 4 amide bonds. The summed E-state index contributed by atoms with van der Waals surface area (Å²) in [5, 5.41) is 4.71. The summed E-state index contributed by atoms with van der Waals surface area (Å²) in [7, 11) is 0. The lowest BCUT2D eigenvalue weighted by Crippen LogP contribution is -2.53. The van der Waals surface area contributed by atoms with Gasteiger partial charge in [-0.2, -0.15) is 0 Å². The molecular formula is C21H20Cl2N4O5. The summed E-state index contributed by atoms with van der Waals surface area (Å²) in [6.45, 7) is 2.52. The van der Waals surface area contributed by atoms with Gasteiger partial charge in [-0.25, -0.2) is 0 Å². The summed E-state index contributed by atoms with van der Waals surface area (Å²) < 4.78 is 5.28. The first-order valence-corrected chi connectivity index (χ1v) is 10.8. The lowest BCUT2D eigenvalue weighted by molar-refractivity contribution is -0.146. The molecule has 0 saturated carbocycles. The molecule has 9 nitrogen and oxygen atoms in total. The molecule has 0 atom stereocenters. The van der Waals surface area contributed by atoms with Crippen LogP contribution in [-0.4, -0.2) is 76.2 Å². The van der Waals surface area contributed by atoms with Gasteiger partial charge in [0, 0.05) is 44.6 Å². The van der Waals surface area contributed by atoms with Gasteiger partial charge < -0.3 is 14.3 Å². The number of imide groups is 1. The number of rotatable bonds is 4. The molecule has 0 radical (unpaired) electrons. The van der Waals surface area contributed by atoms with Gasteiger partial charge in [-0.3, -0.25) is 24.1 Å². The van der Waals surface area contributed by atoms with E-state index in [-0.39, 0.29) is 80.5 Å². The van der Waals surface area contributed by atoms with Crippen molar-refractivity contribution < 1.29 is 23.7 Å². The molecule has 0 unspecified atom stereocenters. The van der Waals surface area contributed by atoms with Gasteiger partial charge in [-0.1, -0.05) is 34.4 Å². The Morgan fingerprint density at radius 3 is 2.16 bits per heavy atom. The zero-order chi connectivity index (χ0) is 23.0. The smallest absolute Gasteiger partial charge is 0.259 e. The van der Waals surface area contributed by atoms with Gasteiger partial charge in [0.15, 0.2) is 0 Å². The molecule has 1 aromatic heterocycles. The van der Waals surface area contributed by atoms with E-state index in [0.717, 1.165) is 4.90 Å². The number of likely N-dealkylation sites (tertiary alicyclic amines) is 1. The Balaban J connectivity index is 1.46. The molecule has 32 heavy (non-hydrogen) atoms. The van der Waals surface area contributed by atoms with Crippen LogP contribution in [0.15, 0.2) is 22.7 Å². The summed E-state index contributed by atoms with van der Waals surface area (Å²) in [5.41, 5.74) is 0.963. The van der Waals surface area contributed by atoms with Crippen molar-refractivity contribution in [3.8, 4) is 11.3 Å². The molecule has 3 heterocycles. The van der Waals surface area contributed by atoms with Crippen LogP contribution in [0.2, 0.25) is 10.0 Å². The molecular weight excluding hydrogens is 459 g/mol. The summed E-state index contributed by atoms with van der Waals surface area (Å²) in [4.78, 5) is 53.5. The van der Waals surface area contributed by atoms with Gasteiger partial charge >= 0.3 is 0 Å². The van der Waals surface area contributed by atoms with E-state index in [1.165, 1.54) is 0 Å². The number of aromatic nitrogens is 1. The normalized spacial score (nSPS) is 16.8. The van der Waals surface area contributed by atoms with Crippen molar-refractivity contribution in [3.63, 3.8) is 0 Å². The van der Waals surface area contributed by atoms with E-state index in [1.54, 1.807) is 34.9 Å². The molecule has 0 aliphatic carbocycles. The summed E-state index contributed by atoms with van der Waals surface area (Å²) in [5.74, 6) is -0.931. The lowest BCUT2D eigenvalue weighted by atomic mass is 10.0. The number of piperazine rings is 1. The lowest BCUT2D eigenvalue weighted by Gasteiger charge is -2.35. The fraction of sp³-hybridized carbons (Fsp3) is 0.381. The summed E-state index contributed by atoms with van der Waals surface area (Å²) in [6, 6.07) is 5.00. The third kappa shape index (κ3) is 4.10. The first-order valence-electron chi connectivity index (χ1n) is 10.1. The highest BCUT2D eigenvalue weighted by molar-refractivity contribution is 6.39. The van der Waals surface area contributed by atoms with Crippen LogP contribution in [0.25, 0.3) is 11.3 Å². The predicted molar refractivity (Wildman–Crippen MR) is 115 cm³/mol. The molecule has 2 aliphatic heterocycles. The van der Waals surface area contributed by atoms with E-state index >= 15 is 0 Å². The second kappa shape index (κ2) is 8.91. The highest BCUT2D eigenvalue weighted by Gasteiger charge is 2.34. The molecule has 0 N–H and O–H groups in total. The van der Waals surface area contributed by atoms with E-state index in [0.29, 0.717) is 21.4 Å². The minimum atomic E-state index is -0.328. The Kier molecular flexibility index (Phi) is 6.21. The highest BCUT2D eigenvalue weighted by atomic mass is 35.5. The van der Waals surface area contributed by atoms with Crippen LogP contribution in [0.5, 0.6) is 0 Å². The topological polar surface area (TPSA) is 104 Å². The van der Waals surface area contributed by atoms with Crippen molar-refractivity contribution in [1.29, 1.82) is 0 Å². The first kappa shape index (κ1) is 22.3. The second-order valence-corrected chi connectivity index (χ2v) is 8.42. The van der Waals surface area contributed by atoms with Crippen LogP contribution in [-0.2, 0) is 14.4 Å². The fourth-order valence-electron chi connectivity index (χ4n) is 3.87. The Morgan fingerprint density at radius 2 is 1.56 bits per heavy atom. The maximum atomic E-state index is 13.3. The second-order valence-electron chi connectivity index (χ2n) is 7.61. The Bertz CT molecular complexity index is 1070. The Morgan fingerprint density at radius 1 is 1.00 bits per heavy atom. The highest BCUT2D eigenvalue weighted by Crippen LogP contribution is 2.37. The van der Waals surface area contributed by atoms with Gasteiger partial charge in [0.2, 0.25) is 17.7 Å². The standard InChI is InChI=1S/C21H20Cl2N4O5/c1-12-18(20(24-32-12)19-13(22)3-2-4-14(19)23)21(31)26-9-7-25(8-10-26)17(30)11-27-15(28)5-6-16(27)29/h2-4H,5-11H2,1H3. The molecule has 2 saturated heterocycles. The molecule has 168 valence electrons. The largest absolute Gasteiger partial charge is 0.360 e. The van der Waals surface area contributed by atoms with E-state index in [9.17, 15) is 19.2 Å². The number of aryl methyl sites for hydroxylation is 1. The molecule has 0 bridgehead atoms. The zero-order valence-corrected chi connectivity index (χ0v) is 18.8. The average Bonchev–Trinajstić information content (AvgIpc) is 3.30. The van der Waals surface area contributed by atoms with Crippen LogP contribution >= 0.6 is 23.2 Å². The molecule has 4 rings (SSSR count).